The third-order valence-electron chi connectivity index (χ3n) is 5.36. The molecule has 1 heterocycles. The molecule has 0 unspecified atom stereocenters. The van der Waals surface area contributed by atoms with Crippen molar-refractivity contribution in [3.05, 3.63) is 72.3 Å². The molecular weight excluding hydrogens is 456 g/mol. The van der Waals surface area contributed by atoms with Crippen LogP contribution in [0.4, 0.5) is 11.4 Å². The molecule has 4 rings (SSSR count). The molecule has 0 saturated carbocycles. The summed E-state index contributed by atoms with van der Waals surface area (Å²) in [4.78, 5) is 13.2. The molecule has 1 amide bonds. The number of nitrogens with one attached hydrogen (secondary N) is 1. The Hall–Kier alpha value is -3.72. The number of nitrogens with zero attached hydrogens (tertiary/aromatic N) is 1. The summed E-state index contributed by atoms with van der Waals surface area (Å²) >= 11 is 0. The van der Waals surface area contributed by atoms with Gasteiger partial charge in [-0.1, -0.05) is 6.07 Å². The number of sulfonamides is 1. The summed E-state index contributed by atoms with van der Waals surface area (Å²) in [5.41, 5.74) is 1.82. The van der Waals surface area contributed by atoms with Crippen LogP contribution in [0.5, 0.6) is 17.2 Å². The molecule has 0 spiro atoms. The quantitative estimate of drug-likeness (QED) is 0.547. The summed E-state index contributed by atoms with van der Waals surface area (Å²) in [6.07, 6.45) is -1.05. The van der Waals surface area contributed by atoms with Crippen LogP contribution in [0.15, 0.2) is 71.6 Å². The third kappa shape index (κ3) is 4.79. The van der Waals surface area contributed by atoms with Crippen LogP contribution < -0.4 is 23.8 Å². The molecular formula is C25H26N2O6S. The van der Waals surface area contributed by atoms with Crippen LogP contribution >= 0.6 is 0 Å². The molecule has 34 heavy (non-hydrogen) atoms. The van der Waals surface area contributed by atoms with Crippen LogP contribution in [-0.2, 0) is 14.8 Å². The fraction of sp³-hybridized carbons (Fsp3) is 0.240. The number of anilines is 2. The van der Waals surface area contributed by atoms with Crippen LogP contribution in [0.3, 0.4) is 0 Å². The van der Waals surface area contributed by atoms with E-state index in [4.69, 9.17) is 14.2 Å². The van der Waals surface area contributed by atoms with Crippen molar-refractivity contribution in [1.82, 2.24) is 0 Å². The summed E-state index contributed by atoms with van der Waals surface area (Å²) in [7, 11) is -2.45. The number of rotatable bonds is 7. The predicted molar refractivity (Wildman–Crippen MR) is 129 cm³/mol. The van der Waals surface area contributed by atoms with E-state index in [0.29, 0.717) is 35.2 Å². The van der Waals surface area contributed by atoms with Crippen molar-refractivity contribution in [2.24, 2.45) is 0 Å². The molecule has 1 N–H and O–H groups in total. The first-order chi connectivity index (χ1) is 16.3. The van der Waals surface area contributed by atoms with Gasteiger partial charge in [-0.25, -0.2) is 8.42 Å². The number of benzene rings is 3. The fourth-order valence-corrected chi connectivity index (χ4v) is 5.10. The maximum absolute atomic E-state index is 13.5. The summed E-state index contributed by atoms with van der Waals surface area (Å²) in [6.45, 7) is 4.13. The molecule has 1 atom stereocenters. The van der Waals surface area contributed by atoms with Crippen LogP contribution in [0.25, 0.3) is 0 Å². The van der Waals surface area contributed by atoms with Gasteiger partial charge in [0, 0.05) is 5.69 Å². The lowest BCUT2D eigenvalue weighted by molar-refractivity contribution is -0.122. The molecule has 0 fully saturated rings. The van der Waals surface area contributed by atoms with Crippen molar-refractivity contribution in [2.45, 2.75) is 24.8 Å². The van der Waals surface area contributed by atoms with Gasteiger partial charge in [0.05, 0.1) is 30.8 Å². The highest BCUT2D eigenvalue weighted by atomic mass is 32.2. The molecule has 8 nitrogen and oxygen atoms in total. The fourth-order valence-electron chi connectivity index (χ4n) is 3.62. The summed E-state index contributed by atoms with van der Waals surface area (Å²) < 4.78 is 44.8. The minimum absolute atomic E-state index is 0.0902. The topological polar surface area (TPSA) is 94.2 Å². The minimum atomic E-state index is -3.96. The Bertz CT molecular complexity index is 1270. The number of methoxy groups -OCH3 is 1. The number of carbonyl (C=O) groups excluding carboxylic acids is 1. The van der Waals surface area contributed by atoms with Gasteiger partial charge in [0.15, 0.2) is 6.10 Å². The highest BCUT2D eigenvalue weighted by Gasteiger charge is 2.37. The Labute approximate surface area is 199 Å². The summed E-state index contributed by atoms with van der Waals surface area (Å²) in [5, 5.41) is 2.80. The van der Waals surface area contributed by atoms with Gasteiger partial charge in [0.1, 0.15) is 17.2 Å². The average Bonchev–Trinajstić information content (AvgIpc) is 2.84. The lowest BCUT2D eigenvalue weighted by Gasteiger charge is -2.35. The van der Waals surface area contributed by atoms with E-state index in [0.717, 1.165) is 5.56 Å². The zero-order valence-electron chi connectivity index (χ0n) is 19.1. The molecule has 178 valence electrons. The van der Waals surface area contributed by atoms with Crippen molar-refractivity contribution in [1.29, 1.82) is 0 Å². The molecule has 0 aliphatic carbocycles. The number of fused-ring (bicyclic) bond motifs is 1. The summed E-state index contributed by atoms with van der Waals surface area (Å²) in [5.74, 6) is 1.11. The maximum Gasteiger partial charge on any atom is 0.267 e. The van der Waals surface area contributed by atoms with Crippen LogP contribution in [0.1, 0.15) is 12.5 Å². The monoisotopic (exact) mass is 482 g/mol. The van der Waals surface area contributed by atoms with Gasteiger partial charge in [-0.15, -0.1) is 0 Å². The molecule has 1 aliphatic heterocycles. The van der Waals surface area contributed by atoms with Crippen LogP contribution in [-0.4, -0.2) is 40.7 Å². The van der Waals surface area contributed by atoms with E-state index in [2.05, 4.69) is 5.32 Å². The third-order valence-corrected chi connectivity index (χ3v) is 7.15. The minimum Gasteiger partial charge on any atom is -0.497 e. The van der Waals surface area contributed by atoms with Gasteiger partial charge >= 0.3 is 0 Å². The zero-order valence-corrected chi connectivity index (χ0v) is 20.0. The molecule has 9 heteroatoms. The Morgan fingerprint density at radius 3 is 2.38 bits per heavy atom. The number of hydrogen-bond acceptors (Lipinski definition) is 6. The van der Waals surface area contributed by atoms with Crippen LogP contribution in [0, 0.1) is 6.92 Å². The van der Waals surface area contributed by atoms with E-state index >= 15 is 0 Å². The number of carbonyl (C=O) groups is 1. The molecule has 3 aromatic rings. The van der Waals surface area contributed by atoms with Gasteiger partial charge in [-0.2, -0.15) is 0 Å². The first-order valence-corrected chi connectivity index (χ1v) is 12.2. The lowest BCUT2D eigenvalue weighted by Crippen LogP contribution is -2.48. The van der Waals surface area contributed by atoms with Crippen molar-refractivity contribution in [3.63, 3.8) is 0 Å². The maximum atomic E-state index is 13.5. The van der Waals surface area contributed by atoms with Gasteiger partial charge in [0.2, 0.25) is 0 Å². The summed E-state index contributed by atoms with van der Waals surface area (Å²) in [6, 6.07) is 18.3. The number of hydrogen-bond donors (Lipinski definition) is 1. The van der Waals surface area contributed by atoms with Gasteiger partial charge in [-0.05, 0) is 80.1 Å². The first-order valence-electron chi connectivity index (χ1n) is 10.8. The largest absolute Gasteiger partial charge is 0.497 e. The predicted octanol–water partition coefficient (Wildman–Crippen LogP) is 4.00. The van der Waals surface area contributed by atoms with Crippen molar-refractivity contribution < 1.29 is 27.4 Å². The van der Waals surface area contributed by atoms with E-state index in [1.807, 2.05) is 13.8 Å². The Morgan fingerprint density at radius 2 is 1.74 bits per heavy atom. The normalized spacial score (nSPS) is 15.1. The van der Waals surface area contributed by atoms with E-state index < -0.39 is 22.0 Å². The average molecular weight is 483 g/mol. The van der Waals surface area contributed by atoms with E-state index in [9.17, 15) is 13.2 Å². The Balaban J connectivity index is 1.63. The van der Waals surface area contributed by atoms with Crippen LogP contribution in [0.2, 0.25) is 0 Å². The second-order valence-corrected chi connectivity index (χ2v) is 9.60. The number of aryl methyl sites for hydroxylation is 1. The van der Waals surface area contributed by atoms with Gasteiger partial charge < -0.3 is 19.5 Å². The SMILES string of the molecule is CCOc1ccc(NC(=O)[C@@H]2CN(S(=O)(=O)c3ccc(OC)cc3)c3ccc(C)cc3O2)cc1. The number of ether oxygens (including phenoxy) is 3. The van der Waals surface area contributed by atoms with E-state index in [1.165, 1.54) is 23.5 Å². The smallest absolute Gasteiger partial charge is 0.267 e. The van der Waals surface area contributed by atoms with Gasteiger partial charge in [-0.3, -0.25) is 9.10 Å². The Kier molecular flexibility index (Phi) is 6.65. The zero-order chi connectivity index (χ0) is 24.3. The second-order valence-electron chi connectivity index (χ2n) is 7.74. The van der Waals surface area contributed by atoms with Crippen molar-refractivity contribution in [2.75, 3.05) is 29.9 Å². The molecule has 0 radical (unpaired) electrons. The van der Waals surface area contributed by atoms with Crippen molar-refractivity contribution >= 4 is 27.3 Å². The number of amides is 1. The lowest BCUT2D eigenvalue weighted by atomic mass is 10.1. The molecule has 0 saturated heterocycles. The highest BCUT2D eigenvalue weighted by Crippen LogP contribution is 2.38. The molecule has 0 bridgehead atoms. The standard InChI is InChI=1S/C25H26N2O6S/c1-4-32-20-8-6-18(7-9-20)26-25(28)24-16-27(22-14-5-17(2)15-23(22)33-24)34(29,30)21-12-10-19(31-3)11-13-21/h5-15,24H,4,16H2,1-3H3,(H,26,28)/t24-/m0/s1. The first kappa shape index (κ1) is 23.4. The highest BCUT2D eigenvalue weighted by molar-refractivity contribution is 7.92. The Morgan fingerprint density at radius 1 is 1.06 bits per heavy atom. The van der Waals surface area contributed by atoms with Crippen molar-refractivity contribution in [3.8, 4) is 17.2 Å². The molecule has 3 aromatic carbocycles. The van der Waals surface area contributed by atoms with E-state index in [-0.39, 0.29) is 11.4 Å². The van der Waals surface area contributed by atoms with Gasteiger partial charge in [0.25, 0.3) is 15.9 Å². The second kappa shape index (κ2) is 9.64. The van der Waals surface area contributed by atoms with E-state index in [1.54, 1.807) is 54.6 Å². The molecule has 1 aliphatic rings. The molecule has 0 aromatic heterocycles.